The first-order valence-electron chi connectivity index (χ1n) is 6.02. The van der Waals surface area contributed by atoms with Crippen LogP contribution in [0.25, 0.3) is 0 Å². The van der Waals surface area contributed by atoms with Gasteiger partial charge in [-0.2, -0.15) is 0 Å². The van der Waals surface area contributed by atoms with Gasteiger partial charge in [0.2, 0.25) is 0 Å². The summed E-state index contributed by atoms with van der Waals surface area (Å²) < 4.78 is 6.86. The van der Waals surface area contributed by atoms with E-state index in [0.717, 1.165) is 3.57 Å². The van der Waals surface area contributed by atoms with Crippen LogP contribution in [0.2, 0.25) is 0 Å². The average molecular weight is 382 g/mol. The van der Waals surface area contributed by atoms with E-state index in [1.807, 2.05) is 24.3 Å². The second kappa shape index (κ2) is 6.13. The number of carbonyl (C=O) groups excluding carboxylic acids is 1. The predicted octanol–water partition coefficient (Wildman–Crippen LogP) is 3.37. The first kappa shape index (κ1) is 14.6. The molecule has 0 aliphatic heterocycles. The third-order valence-electron chi connectivity index (χ3n) is 2.71. The Balaban J connectivity index is 2.29. The molecule has 0 heterocycles. The molecule has 0 aromatic heterocycles. The Bertz CT molecular complexity index is 624. The van der Waals surface area contributed by atoms with Crippen molar-refractivity contribution in [1.82, 2.24) is 4.90 Å². The molecule has 0 aliphatic carbocycles. The van der Waals surface area contributed by atoms with E-state index in [1.54, 1.807) is 32.3 Å². The molecule has 0 atom stereocenters. The smallest absolute Gasteiger partial charge is 0.253 e. The third-order valence-corrected chi connectivity index (χ3v) is 3.43. The van der Waals surface area contributed by atoms with Crippen LogP contribution in [0, 0.1) is 3.57 Å². The Morgan fingerprint density at radius 3 is 2.40 bits per heavy atom. The van der Waals surface area contributed by atoms with Gasteiger partial charge in [0.1, 0.15) is 5.75 Å². The number of hydrogen-bond donors (Lipinski definition) is 1. The van der Waals surface area contributed by atoms with Crippen LogP contribution >= 0.6 is 22.6 Å². The Kier molecular flexibility index (Phi) is 4.49. The molecular formula is C15H15IN2O2. The number of anilines is 1. The zero-order chi connectivity index (χ0) is 14.7. The molecule has 0 fully saturated rings. The molecule has 0 bridgehead atoms. The maximum atomic E-state index is 11.9. The normalized spacial score (nSPS) is 10.2. The van der Waals surface area contributed by atoms with Crippen LogP contribution < -0.4 is 10.5 Å². The van der Waals surface area contributed by atoms with Gasteiger partial charge in [-0.15, -0.1) is 0 Å². The fourth-order valence-corrected chi connectivity index (χ4v) is 2.00. The van der Waals surface area contributed by atoms with Gasteiger partial charge in [-0.05, 0) is 65.1 Å². The lowest BCUT2D eigenvalue weighted by Crippen LogP contribution is -2.21. The second-order valence-electron chi connectivity index (χ2n) is 4.51. The highest BCUT2D eigenvalue weighted by atomic mass is 127. The van der Waals surface area contributed by atoms with Gasteiger partial charge in [-0.3, -0.25) is 4.79 Å². The zero-order valence-corrected chi connectivity index (χ0v) is 13.4. The molecule has 0 unspecified atom stereocenters. The first-order chi connectivity index (χ1) is 9.47. The van der Waals surface area contributed by atoms with Crippen LogP contribution in [-0.2, 0) is 0 Å². The summed E-state index contributed by atoms with van der Waals surface area (Å²) in [4.78, 5) is 13.4. The van der Waals surface area contributed by atoms with Crippen molar-refractivity contribution in [2.75, 3.05) is 19.8 Å². The quantitative estimate of drug-likeness (QED) is 0.654. The van der Waals surface area contributed by atoms with Crippen LogP contribution in [0.15, 0.2) is 42.5 Å². The summed E-state index contributed by atoms with van der Waals surface area (Å²) in [5.41, 5.74) is 6.94. The molecule has 20 heavy (non-hydrogen) atoms. The standard InChI is InChI=1S/C15H15IN2O2/c1-18(2)15(19)10-3-8-13(17)14(9-10)20-12-6-4-11(16)5-7-12/h3-9H,17H2,1-2H3. The van der Waals surface area contributed by atoms with Gasteiger partial charge in [0.15, 0.2) is 5.75 Å². The van der Waals surface area contributed by atoms with Crippen molar-refractivity contribution in [2.24, 2.45) is 0 Å². The minimum Gasteiger partial charge on any atom is -0.455 e. The molecule has 2 aromatic rings. The molecule has 0 saturated carbocycles. The molecule has 104 valence electrons. The van der Waals surface area contributed by atoms with E-state index in [9.17, 15) is 4.79 Å². The van der Waals surface area contributed by atoms with Gasteiger partial charge in [-0.25, -0.2) is 0 Å². The minimum absolute atomic E-state index is 0.0857. The Morgan fingerprint density at radius 1 is 1.15 bits per heavy atom. The van der Waals surface area contributed by atoms with E-state index in [1.165, 1.54) is 4.90 Å². The zero-order valence-electron chi connectivity index (χ0n) is 11.3. The molecule has 1 amide bonds. The largest absolute Gasteiger partial charge is 0.455 e. The molecule has 4 nitrogen and oxygen atoms in total. The molecule has 0 spiro atoms. The monoisotopic (exact) mass is 382 g/mol. The van der Waals surface area contributed by atoms with Crippen LogP contribution in [-0.4, -0.2) is 24.9 Å². The predicted molar refractivity (Wildman–Crippen MR) is 88.1 cm³/mol. The fraction of sp³-hybridized carbons (Fsp3) is 0.133. The third kappa shape index (κ3) is 3.41. The maximum Gasteiger partial charge on any atom is 0.253 e. The van der Waals surface area contributed by atoms with E-state index in [-0.39, 0.29) is 5.91 Å². The van der Waals surface area contributed by atoms with Crippen LogP contribution in [0.3, 0.4) is 0 Å². The van der Waals surface area contributed by atoms with Crippen molar-refractivity contribution >= 4 is 34.2 Å². The Morgan fingerprint density at radius 2 is 1.80 bits per heavy atom. The van der Waals surface area contributed by atoms with Crippen LogP contribution in [0.4, 0.5) is 5.69 Å². The summed E-state index contributed by atoms with van der Waals surface area (Å²) >= 11 is 2.22. The number of nitrogen functional groups attached to an aromatic ring is 1. The van der Waals surface area contributed by atoms with E-state index < -0.39 is 0 Å². The van der Waals surface area contributed by atoms with Gasteiger partial charge in [-0.1, -0.05) is 0 Å². The number of benzene rings is 2. The van der Waals surface area contributed by atoms with E-state index in [0.29, 0.717) is 22.7 Å². The number of nitrogens with two attached hydrogens (primary N) is 1. The fourth-order valence-electron chi connectivity index (χ4n) is 1.64. The SMILES string of the molecule is CN(C)C(=O)c1ccc(N)c(Oc2ccc(I)cc2)c1. The molecular weight excluding hydrogens is 367 g/mol. The van der Waals surface area contributed by atoms with Crippen molar-refractivity contribution in [1.29, 1.82) is 0 Å². The summed E-state index contributed by atoms with van der Waals surface area (Å²) in [6.45, 7) is 0. The lowest BCUT2D eigenvalue weighted by atomic mass is 10.1. The van der Waals surface area contributed by atoms with Crippen molar-refractivity contribution < 1.29 is 9.53 Å². The van der Waals surface area contributed by atoms with Crippen molar-refractivity contribution in [3.05, 3.63) is 51.6 Å². The molecule has 0 saturated heterocycles. The number of rotatable bonds is 3. The molecule has 2 aromatic carbocycles. The van der Waals surface area contributed by atoms with Gasteiger partial charge < -0.3 is 15.4 Å². The highest BCUT2D eigenvalue weighted by Crippen LogP contribution is 2.29. The summed E-state index contributed by atoms with van der Waals surface area (Å²) in [7, 11) is 3.41. The number of ether oxygens (including phenoxy) is 1. The molecule has 0 aliphatic rings. The average Bonchev–Trinajstić information content (AvgIpc) is 2.43. The number of carbonyl (C=O) groups is 1. The van der Waals surface area contributed by atoms with Crippen LogP contribution in [0.1, 0.15) is 10.4 Å². The maximum absolute atomic E-state index is 11.9. The Hall–Kier alpha value is -1.76. The van der Waals surface area contributed by atoms with E-state index >= 15 is 0 Å². The number of hydrogen-bond acceptors (Lipinski definition) is 3. The van der Waals surface area contributed by atoms with Crippen LogP contribution in [0.5, 0.6) is 11.5 Å². The first-order valence-corrected chi connectivity index (χ1v) is 7.10. The highest BCUT2D eigenvalue weighted by molar-refractivity contribution is 14.1. The topological polar surface area (TPSA) is 55.6 Å². The summed E-state index contributed by atoms with van der Waals surface area (Å²) in [6.07, 6.45) is 0. The molecule has 0 radical (unpaired) electrons. The van der Waals surface area contributed by atoms with Gasteiger partial charge >= 0.3 is 0 Å². The Labute approximate surface area is 131 Å². The number of nitrogens with zero attached hydrogens (tertiary/aromatic N) is 1. The van der Waals surface area contributed by atoms with E-state index in [4.69, 9.17) is 10.5 Å². The molecule has 5 heteroatoms. The van der Waals surface area contributed by atoms with Crippen molar-refractivity contribution in [2.45, 2.75) is 0 Å². The summed E-state index contributed by atoms with van der Waals surface area (Å²) in [5.74, 6) is 1.09. The number of amides is 1. The lowest BCUT2D eigenvalue weighted by Gasteiger charge is -2.13. The number of halogens is 1. The van der Waals surface area contributed by atoms with Gasteiger partial charge in [0, 0.05) is 23.2 Å². The highest BCUT2D eigenvalue weighted by Gasteiger charge is 2.11. The summed E-state index contributed by atoms with van der Waals surface area (Å²) in [6, 6.07) is 12.7. The summed E-state index contributed by atoms with van der Waals surface area (Å²) in [5, 5.41) is 0. The molecule has 2 rings (SSSR count). The van der Waals surface area contributed by atoms with Crippen molar-refractivity contribution in [3.63, 3.8) is 0 Å². The van der Waals surface area contributed by atoms with E-state index in [2.05, 4.69) is 22.6 Å². The minimum atomic E-state index is -0.0857. The second-order valence-corrected chi connectivity index (χ2v) is 5.75. The van der Waals surface area contributed by atoms with Gasteiger partial charge in [0.25, 0.3) is 5.91 Å². The lowest BCUT2D eigenvalue weighted by molar-refractivity contribution is 0.0827. The van der Waals surface area contributed by atoms with Gasteiger partial charge in [0.05, 0.1) is 5.69 Å². The van der Waals surface area contributed by atoms with Crippen molar-refractivity contribution in [3.8, 4) is 11.5 Å². The molecule has 2 N–H and O–H groups in total.